The van der Waals surface area contributed by atoms with Crippen molar-refractivity contribution in [3.05, 3.63) is 333 Å². The summed E-state index contributed by atoms with van der Waals surface area (Å²) in [5, 5.41) is -0.157. The second kappa shape index (κ2) is 24.3. The van der Waals surface area contributed by atoms with Gasteiger partial charge >= 0.3 is 0 Å². The van der Waals surface area contributed by atoms with Crippen LogP contribution < -0.4 is 30.1 Å². The molecule has 4 aromatic heterocycles. The van der Waals surface area contributed by atoms with Crippen molar-refractivity contribution >= 4 is 83.6 Å². The molecule has 13 aromatic carbocycles. The molecule has 5 heterocycles. The maximum atomic E-state index is 11.2. The summed E-state index contributed by atoms with van der Waals surface area (Å²) >= 11 is 0. The fraction of sp³-hybridized carbons (Fsp3) is 0.0870. The molecule has 17 aromatic rings. The maximum Gasteiger partial charge on any atom is 0.268 e. The quantitative estimate of drug-likeness (QED) is 0.0593. The molecule has 1 aliphatic heterocycles. The number of ether oxygens (including phenoxy) is 1. The first-order chi connectivity index (χ1) is 56.2. The van der Waals surface area contributed by atoms with Crippen LogP contribution in [0.15, 0.2) is 307 Å². The van der Waals surface area contributed by atoms with Gasteiger partial charge in [-0.25, -0.2) is 4.98 Å². The summed E-state index contributed by atoms with van der Waals surface area (Å²) in [4.78, 5) is 4.90. The van der Waals surface area contributed by atoms with Gasteiger partial charge in [0.25, 0.3) is 6.33 Å². The van der Waals surface area contributed by atoms with Crippen LogP contribution in [0.4, 0.5) is 0 Å². The Balaban J connectivity index is 0.0000101. The molecule has 100 heavy (non-hydrogen) atoms. The van der Waals surface area contributed by atoms with E-state index in [1.54, 1.807) is 41.1 Å². The van der Waals surface area contributed by atoms with E-state index in [4.69, 9.17) is 18.3 Å². The fourth-order valence-electron chi connectivity index (χ4n) is 14.1. The predicted octanol–water partition coefficient (Wildman–Crippen LogP) is 20.1. The summed E-state index contributed by atoms with van der Waals surface area (Å²) in [5.74, 6) is 1.24. The van der Waals surface area contributed by atoms with Crippen LogP contribution in [0.1, 0.15) is 78.7 Å². The SMILES string of the molecule is [2H]c1c([2H])c([2H])c([Si](c2c([2H])c([2H])c([2H])c([2H])c2[2H])(c2c([2H])c([2H])c([2H])c([2H])c2[2H])c2c([2H])c([2H])c([2H])c(-c3cc4c5c(c3)n(-c3[c-]c(Oc6[c-]c7c(cc6)c6ccccc6n7-c6cc(C(C)(C)C)ccn6)ccc3)[c-][n+]5-c3c(-c5ccc6oc7ccccc7c6c5)cc(C(C)(C)C)cc3-c3ccccc3-c3ccccc3-4)c2[2H])c([2H])c1[2H].[Pt]. The molecule has 0 saturated carbocycles. The number of rotatable bonds is 10. The van der Waals surface area contributed by atoms with Crippen molar-refractivity contribution in [2.24, 2.45) is 0 Å². The number of para-hydroxylation sites is 2. The van der Waals surface area contributed by atoms with E-state index in [0.29, 0.717) is 67.3 Å². The minimum Gasteiger partial charge on any atom is -0.510 e. The number of aromatic nitrogens is 4. The summed E-state index contributed by atoms with van der Waals surface area (Å²) in [7, 11) is -6.31. The Labute approximate surface area is 624 Å². The standard InChI is InChI=1S/C92H68N4O2Si.Pt/c1-91(2,3)63-48-49-93-88(56-63)96-83-42-22-20-40-76(83)77-46-45-67(58-84(77)96)97-66-28-25-27-65(57-66)94-59-95-89-79(61-44-47-87-80(51-61)78-41-21-23-43-86(78)98-87)54-64(92(4,5)6)55-82(89)75-39-19-17-37-73(75)72-36-16-18-38-74(72)81-52-62(53-85(94)90(81)95)60-26-24-35-71(50-60)99(68-29-10-7-11-30-68,69-31-12-8-13-32-69)70-33-14-9-15-34-70;/h7-56H,1-6H3;/q-2;/i7D,8D,9D,10D,11D,12D,13D,14D,15D,24D,26D,29D,30D,31D,32D,33D,34D,35D,50D;. The predicted molar refractivity (Wildman–Crippen MR) is 409 cm³/mol. The van der Waals surface area contributed by atoms with E-state index in [9.17, 15) is 21.9 Å². The van der Waals surface area contributed by atoms with E-state index in [-0.39, 0.29) is 37.8 Å². The van der Waals surface area contributed by atoms with Crippen molar-refractivity contribution in [3.63, 3.8) is 0 Å². The molecule has 0 atom stereocenters. The van der Waals surface area contributed by atoms with Crippen LogP contribution in [0.5, 0.6) is 11.5 Å². The van der Waals surface area contributed by atoms with Crippen LogP contribution in [-0.2, 0) is 31.9 Å². The Bertz CT molecular complexity index is 7030. The first-order valence-electron chi connectivity index (χ1n) is 42.0. The normalized spacial score (nSPS) is 14.9. The summed E-state index contributed by atoms with van der Waals surface area (Å²) < 4.78 is 204. The first kappa shape index (κ1) is 44.7. The molecular formula is C92H68N4O2PtSi-2. The minimum atomic E-state index is -6.31. The summed E-state index contributed by atoms with van der Waals surface area (Å²) in [6.07, 6.45) is 5.66. The van der Waals surface area contributed by atoms with Gasteiger partial charge in [-0.15, -0.1) is 29.7 Å². The van der Waals surface area contributed by atoms with Gasteiger partial charge in [0.1, 0.15) is 17.0 Å². The monoisotopic (exact) mass is 1500 g/mol. The molecule has 0 spiro atoms. The molecule has 0 unspecified atom stereocenters. The molecule has 0 radical (unpaired) electrons. The van der Waals surface area contributed by atoms with E-state index in [1.807, 2.05) is 120 Å². The van der Waals surface area contributed by atoms with Gasteiger partial charge in [0, 0.05) is 55.1 Å². The van der Waals surface area contributed by atoms with Crippen molar-refractivity contribution in [2.75, 3.05) is 0 Å². The van der Waals surface area contributed by atoms with Crippen LogP contribution in [0.3, 0.4) is 0 Å². The second-order valence-corrected chi connectivity index (χ2v) is 30.3. The van der Waals surface area contributed by atoms with E-state index >= 15 is 0 Å². The average molecular weight is 1500 g/mol. The van der Waals surface area contributed by atoms with Crippen LogP contribution in [-0.4, -0.2) is 22.2 Å². The van der Waals surface area contributed by atoms with Gasteiger partial charge in [0.2, 0.25) is 0 Å². The molecule has 484 valence electrons. The maximum absolute atomic E-state index is 11.2. The number of fused-ring (bicyclic) bond motifs is 13. The Morgan fingerprint density at radius 2 is 1.05 bits per heavy atom. The Morgan fingerprint density at radius 3 is 1.74 bits per heavy atom. The summed E-state index contributed by atoms with van der Waals surface area (Å²) in [5.41, 5.74) is 11.2. The van der Waals surface area contributed by atoms with Gasteiger partial charge in [-0.3, -0.25) is 4.57 Å². The number of hydrogen-bond donors (Lipinski definition) is 0. The summed E-state index contributed by atoms with van der Waals surface area (Å²) in [6, 6.07) is 46.0. The fourth-order valence-corrected chi connectivity index (χ4v) is 17.7. The van der Waals surface area contributed by atoms with Crippen LogP contribution in [0.25, 0.3) is 128 Å². The largest absolute Gasteiger partial charge is 0.510 e. The number of pyridine rings is 1. The van der Waals surface area contributed by atoms with Gasteiger partial charge in [-0.1, -0.05) is 271 Å². The van der Waals surface area contributed by atoms with Gasteiger partial charge in [-0.05, 0) is 152 Å². The third-order valence-electron chi connectivity index (χ3n) is 18.9. The molecule has 8 heteroatoms. The molecule has 6 nitrogen and oxygen atoms in total. The molecule has 0 fully saturated rings. The van der Waals surface area contributed by atoms with Gasteiger partial charge in [0.05, 0.1) is 42.8 Å². The molecule has 1 aliphatic rings. The Hall–Kier alpha value is -11.2. The van der Waals surface area contributed by atoms with Crippen LogP contribution >= 0.6 is 0 Å². The zero-order valence-electron chi connectivity index (χ0n) is 73.8. The number of imidazole rings is 1. The zero-order valence-corrected chi connectivity index (χ0v) is 58.1. The van der Waals surface area contributed by atoms with Crippen molar-refractivity contribution in [3.8, 4) is 84.3 Å². The number of hydrogen-bond acceptors (Lipinski definition) is 3. The molecule has 0 N–H and O–H groups in total. The van der Waals surface area contributed by atoms with E-state index in [0.717, 1.165) is 66.0 Å². The first-order valence-corrected chi connectivity index (χ1v) is 34.5. The van der Waals surface area contributed by atoms with Gasteiger partial charge in [-0.2, -0.15) is 18.2 Å². The number of furan rings is 1. The third-order valence-corrected chi connectivity index (χ3v) is 22.9. The van der Waals surface area contributed by atoms with Crippen molar-refractivity contribution in [1.29, 1.82) is 0 Å². The molecule has 0 amide bonds. The Kier molecular flexibility index (Phi) is 10.9. The molecule has 0 aliphatic carbocycles. The zero-order chi connectivity index (χ0) is 83.3. The third kappa shape index (κ3) is 10.3. The van der Waals surface area contributed by atoms with E-state index < -0.39 is 155 Å². The molecule has 0 bridgehead atoms. The smallest absolute Gasteiger partial charge is 0.268 e. The van der Waals surface area contributed by atoms with Crippen molar-refractivity contribution in [2.45, 2.75) is 52.4 Å². The average Bonchev–Trinajstić information content (AvgIpc) is 1.64. The summed E-state index contributed by atoms with van der Waals surface area (Å²) in [6.45, 7) is 12.9. The molecule has 0 saturated heterocycles. The van der Waals surface area contributed by atoms with Crippen LogP contribution in [0.2, 0.25) is 0 Å². The van der Waals surface area contributed by atoms with Gasteiger partial charge in [0.15, 0.2) is 8.07 Å². The second-order valence-electron chi connectivity index (χ2n) is 26.8. The van der Waals surface area contributed by atoms with E-state index in [2.05, 4.69) is 101 Å². The number of benzene rings is 13. The topological polar surface area (TPSA) is 49.0 Å². The van der Waals surface area contributed by atoms with Crippen molar-refractivity contribution in [1.82, 2.24) is 14.1 Å². The van der Waals surface area contributed by atoms with Crippen molar-refractivity contribution < 1.29 is 60.8 Å². The number of nitrogens with zero attached hydrogens (tertiary/aromatic N) is 4. The Morgan fingerprint density at radius 1 is 0.450 bits per heavy atom. The van der Waals surface area contributed by atoms with Crippen LogP contribution in [0, 0.1) is 18.5 Å². The minimum absolute atomic E-state index is 0. The van der Waals surface area contributed by atoms with Gasteiger partial charge < -0.3 is 18.3 Å². The van der Waals surface area contributed by atoms with E-state index in [1.165, 1.54) is 0 Å². The molecular weight excluding hydrogens is 1420 g/mol. The molecule has 18 rings (SSSR count).